The van der Waals surface area contributed by atoms with Gasteiger partial charge in [-0.1, -0.05) is 6.07 Å². The van der Waals surface area contributed by atoms with Crippen molar-refractivity contribution >= 4 is 13.6 Å². The summed E-state index contributed by atoms with van der Waals surface area (Å²) in [5, 5.41) is 33.7. The molecular formula is C23H34FN3O7P+. The van der Waals surface area contributed by atoms with Gasteiger partial charge in [0.25, 0.3) is 0 Å². The van der Waals surface area contributed by atoms with E-state index in [0.717, 1.165) is 43.1 Å². The van der Waals surface area contributed by atoms with Gasteiger partial charge < -0.3 is 49.6 Å². The van der Waals surface area contributed by atoms with Gasteiger partial charge >= 0.3 is 0 Å². The molecule has 0 spiro atoms. The summed E-state index contributed by atoms with van der Waals surface area (Å²) in [5.74, 6) is -2.11. The molecule has 0 radical (unpaired) electrons. The van der Waals surface area contributed by atoms with E-state index in [-0.39, 0.29) is 54.7 Å². The molecule has 194 valence electrons. The van der Waals surface area contributed by atoms with Crippen molar-refractivity contribution in [1.29, 1.82) is 0 Å². The minimum atomic E-state index is -4.71. The lowest BCUT2D eigenvalue weighted by molar-refractivity contribution is -0.963. The minimum Gasteiger partial charge on any atom is -0.775 e. The summed E-state index contributed by atoms with van der Waals surface area (Å²) in [4.78, 5) is 33.1. The maximum absolute atomic E-state index is 13.6. The highest BCUT2D eigenvalue weighted by Crippen LogP contribution is 2.25. The quantitative estimate of drug-likeness (QED) is 0.104. The van der Waals surface area contributed by atoms with Crippen LogP contribution in [0.1, 0.15) is 23.1 Å². The summed E-state index contributed by atoms with van der Waals surface area (Å²) >= 11 is 0. The Morgan fingerprint density at radius 1 is 1.06 bits per heavy atom. The van der Waals surface area contributed by atoms with E-state index < -0.39 is 25.7 Å². The molecule has 0 saturated carbocycles. The smallest absolute Gasteiger partial charge is 0.187 e. The maximum atomic E-state index is 13.6. The Labute approximate surface area is 203 Å². The van der Waals surface area contributed by atoms with E-state index in [4.69, 9.17) is 0 Å². The van der Waals surface area contributed by atoms with E-state index in [1.165, 1.54) is 0 Å². The van der Waals surface area contributed by atoms with Crippen LogP contribution < -0.4 is 25.1 Å². The van der Waals surface area contributed by atoms with Crippen molar-refractivity contribution in [1.82, 2.24) is 0 Å². The van der Waals surface area contributed by atoms with Crippen molar-refractivity contribution in [2.75, 3.05) is 39.5 Å². The van der Waals surface area contributed by atoms with E-state index in [1.807, 2.05) is 19.2 Å². The Balaban J connectivity index is 2.16. The van der Waals surface area contributed by atoms with Gasteiger partial charge in [-0.05, 0) is 42.3 Å². The van der Waals surface area contributed by atoms with Gasteiger partial charge in [-0.2, -0.15) is 0 Å². The first-order chi connectivity index (χ1) is 16.5. The molecule has 35 heavy (non-hydrogen) atoms. The largest absolute Gasteiger partial charge is 0.775 e. The van der Waals surface area contributed by atoms with Gasteiger partial charge in [0.2, 0.25) is 0 Å². The number of phenols is 2. The predicted octanol–water partition coefficient (Wildman–Crippen LogP) is -3.91. The average Bonchev–Trinajstić information content (AvgIpc) is 2.75. The van der Waals surface area contributed by atoms with Crippen LogP contribution in [-0.4, -0.2) is 60.6 Å². The molecule has 0 saturated heterocycles. The first kappa shape index (κ1) is 28.7. The highest BCUT2D eigenvalue weighted by molar-refractivity contribution is 7.49. The topological polar surface area (TPSA) is 166 Å². The van der Waals surface area contributed by atoms with E-state index in [9.17, 15) is 38.9 Å². The minimum absolute atomic E-state index is 0.0277. The van der Waals surface area contributed by atoms with Gasteiger partial charge in [-0.15, -0.1) is 0 Å². The highest BCUT2D eigenvalue weighted by atomic mass is 31.2. The van der Waals surface area contributed by atoms with Crippen LogP contribution in [0, 0.1) is 5.82 Å². The maximum Gasteiger partial charge on any atom is 0.187 e. The molecular weight excluding hydrogens is 480 g/mol. The van der Waals surface area contributed by atoms with Crippen molar-refractivity contribution in [3.63, 3.8) is 0 Å². The molecule has 3 atom stereocenters. The third-order valence-corrected chi connectivity index (χ3v) is 6.52. The fraction of sp³-hybridized carbons (Fsp3) is 0.435. The summed E-state index contributed by atoms with van der Waals surface area (Å²) in [6.07, 6.45) is 1.06. The number of nitrogens with two attached hydrogens (primary N) is 1. The standard InChI is InChI=1S/C23H33FN3O7P/c1-25-8-2-3-17-4-6-21(28)18(11-17)13-26(15-23(30)31)9-10-27(16-35(32,33)34)14-19-12-20(24)5-7-22(19)29/h4-7,11-12,25,28-29H,2-3,8-10,13-16H2,1H3,(H,30,31)(H2,32,33,34)/p+1. The number of carbonyl (C=O) groups is 1. The number of aliphatic carboxylic acids is 1. The van der Waals surface area contributed by atoms with Crippen molar-refractivity contribution in [3.05, 3.63) is 58.9 Å². The molecule has 0 heterocycles. The van der Waals surface area contributed by atoms with Crippen LogP contribution in [0.5, 0.6) is 11.5 Å². The van der Waals surface area contributed by atoms with Crippen molar-refractivity contribution in [2.24, 2.45) is 0 Å². The average molecular weight is 515 g/mol. The number of quaternary nitrogens is 3. The number of rotatable bonds is 15. The Morgan fingerprint density at radius 3 is 2.29 bits per heavy atom. The number of hydrogen-bond donors (Lipinski definition) is 6. The molecule has 0 amide bonds. The summed E-state index contributed by atoms with van der Waals surface area (Å²) in [5.41, 5.74) is 1.72. The van der Waals surface area contributed by atoms with Crippen LogP contribution in [-0.2, 0) is 28.9 Å². The Bertz CT molecular complexity index is 1030. The molecule has 2 aromatic carbocycles. The summed E-state index contributed by atoms with van der Waals surface area (Å²) < 4.78 is 25.2. The second-order valence-electron chi connectivity index (χ2n) is 8.73. The van der Waals surface area contributed by atoms with Gasteiger partial charge in [0.05, 0.1) is 25.1 Å². The number of benzene rings is 2. The van der Waals surface area contributed by atoms with Crippen LogP contribution in [0.4, 0.5) is 4.39 Å². The van der Waals surface area contributed by atoms with Gasteiger partial charge in [0.1, 0.15) is 56.3 Å². The number of carboxylic acids is 1. The molecule has 0 aromatic heterocycles. The second-order valence-corrected chi connectivity index (χ2v) is 10.3. The number of carboxylic acid groups (broad SMARTS) is 1. The van der Waals surface area contributed by atoms with Gasteiger partial charge in [0.15, 0.2) is 7.60 Å². The molecule has 0 aliphatic rings. The molecule has 2 rings (SSSR count). The van der Waals surface area contributed by atoms with Crippen LogP contribution in [0.3, 0.4) is 0 Å². The van der Waals surface area contributed by atoms with Crippen molar-refractivity contribution in [2.45, 2.75) is 25.9 Å². The Kier molecular flexibility index (Phi) is 11.1. The Hall–Kier alpha value is -2.53. The summed E-state index contributed by atoms with van der Waals surface area (Å²) in [7, 11) is -2.73. The summed E-state index contributed by atoms with van der Waals surface area (Å²) in [6.45, 7) is 0.837. The molecule has 0 fully saturated rings. The zero-order chi connectivity index (χ0) is 26.0. The highest BCUT2D eigenvalue weighted by Gasteiger charge is 2.22. The molecule has 12 heteroatoms. The Morgan fingerprint density at radius 2 is 1.66 bits per heavy atom. The normalized spacial score (nSPS) is 14.9. The SMILES string of the molecule is C[NH2+]CCCc1ccc(O)c(C[NH+](CC[NH+](Cc2cc(F)ccc2O)CP(=O)([O-])O)CC(=O)[O-])c1. The first-order valence-electron chi connectivity index (χ1n) is 11.4. The molecule has 0 aliphatic heterocycles. The summed E-state index contributed by atoms with van der Waals surface area (Å²) in [6, 6.07) is 8.51. The van der Waals surface area contributed by atoms with Crippen molar-refractivity contribution in [3.8, 4) is 11.5 Å². The monoisotopic (exact) mass is 514 g/mol. The van der Waals surface area contributed by atoms with E-state index in [0.29, 0.717) is 10.5 Å². The van der Waals surface area contributed by atoms with Crippen LogP contribution in [0.2, 0.25) is 0 Å². The molecule has 7 N–H and O–H groups in total. The molecule has 10 nitrogen and oxygen atoms in total. The molecule has 2 aromatic rings. The molecule has 3 unspecified atom stereocenters. The van der Waals surface area contributed by atoms with E-state index in [1.54, 1.807) is 6.07 Å². The third-order valence-electron chi connectivity index (χ3n) is 5.67. The number of phenolic OH excluding ortho intramolecular Hbond substituents is 2. The second kappa shape index (κ2) is 13.5. The molecule has 0 aliphatic carbocycles. The number of aryl methyl sites for hydroxylation is 1. The number of aromatic hydroxyl groups is 2. The number of nitrogens with one attached hydrogen (secondary N) is 2. The lowest BCUT2D eigenvalue weighted by Gasteiger charge is -2.27. The van der Waals surface area contributed by atoms with Crippen LogP contribution in [0.25, 0.3) is 0 Å². The van der Waals surface area contributed by atoms with E-state index in [2.05, 4.69) is 5.32 Å². The fourth-order valence-electron chi connectivity index (χ4n) is 3.98. The van der Waals surface area contributed by atoms with E-state index >= 15 is 0 Å². The van der Waals surface area contributed by atoms with Crippen LogP contribution in [0.15, 0.2) is 36.4 Å². The first-order valence-corrected chi connectivity index (χ1v) is 13.2. The van der Waals surface area contributed by atoms with Crippen LogP contribution >= 0.6 is 7.60 Å². The fourth-order valence-corrected chi connectivity index (χ4v) is 4.82. The molecule has 0 bridgehead atoms. The number of carbonyl (C=O) groups excluding carboxylic acids is 1. The lowest BCUT2D eigenvalue weighted by Crippen LogP contribution is -3.19. The van der Waals surface area contributed by atoms with Gasteiger partial charge in [-0.25, -0.2) is 4.39 Å². The lowest BCUT2D eigenvalue weighted by atomic mass is 10.0. The van der Waals surface area contributed by atoms with Crippen molar-refractivity contribution < 1.29 is 54.0 Å². The van der Waals surface area contributed by atoms with Gasteiger partial charge in [0, 0.05) is 12.0 Å². The number of halogens is 1. The van der Waals surface area contributed by atoms with Gasteiger partial charge in [-0.3, -0.25) is 0 Å². The zero-order valence-electron chi connectivity index (χ0n) is 19.7. The number of hydrogen-bond acceptors (Lipinski definition) is 6. The predicted molar refractivity (Wildman–Crippen MR) is 121 cm³/mol. The zero-order valence-corrected chi connectivity index (χ0v) is 20.6. The third kappa shape index (κ3) is 10.7.